The van der Waals surface area contributed by atoms with Crippen molar-refractivity contribution in [2.45, 2.75) is 13.3 Å². The predicted octanol–water partition coefficient (Wildman–Crippen LogP) is 2.07. The molecule has 15 heavy (non-hydrogen) atoms. The number of nitrogens with zero attached hydrogens (tertiary/aromatic N) is 3. The van der Waals surface area contributed by atoms with E-state index in [4.69, 9.17) is 17.3 Å². The Labute approximate surface area is 92.7 Å². The number of nitrogens with two attached hydrogens (primary N) is 1. The van der Waals surface area contributed by atoms with Crippen molar-refractivity contribution in [2.75, 3.05) is 5.73 Å². The fourth-order valence-electron chi connectivity index (χ4n) is 1.32. The molecule has 0 spiro atoms. The van der Waals surface area contributed by atoms with Crippen LogP contribution in [0.2, 0.25) is 5.02 Å². The van der Waals surface area contributed by atoms with Crippen molar-refractivity contribution in [1.82, 2.24) is 14.8 Å². The second-order valence-electron chi connectivity index (χ2n) is 3.10. The highest BCUT2D eigenvalue weighted by Gasteiger charge is 2.09. The van der Waals surface area contributed by atoms with Gasteiger partial charge in [0.15, 0.2) is 5.82 Å². The number of hydrogen-bond acceptors (Lipinski definition) is 3. The zero-order chi connectivity index (χ0) is 10.8. The van der Waals surface area contributed by atoms with Crippen LogP contribution in [-0.2, 0) is 6.42 Å². The van der Waals surface area contributed by atoms with Crippen molar-refractivity contribution in [1.29, 1.82) is 0 Å². The van der Waals surface area contributed by atoms with Crippen LogP contribution in [0.5, 0.6) is 0 Å². The summed E-state index contributed by atoms with van der Waals surface area (Å²) in [5, 5.41) is 4.86. The average Bonchev–Trinajstić information content (AvgIpc) is 2.60. The number of aryl methyl sites for hydroxylation is 1. The van der Waals surface area contributed by atoms with E-state index in [0.717, 1.165) is 12.1 Å². The number of hydrogen-bond donors (Lipinski definition) is 1. The summed E-state index contributed by atoms with van der Waals surface area (Å²) in [5.74, 6) is 1.08. The summed E-state index contributed by atoms with van der Waals surface area (Å²) in [6.07, 6.45) is 0.752. The van der Waals surface area contributed by atoms with Crippen LogP contribution in [0, 0.1) is 0 Å². The van der Waals surface area contributed by atoms with Crippen molar-refractivity contribution in [2.24, 2.45) is 0 Å². The Balaban J connectivity index is 2.54. The van der Waals surface area contributed by atoms with Gasteiger partial charge in [-0.1, -0.05) is 30.7 Å². The van der Waals surface area contributed by atoms with Crippen LogP contribution in [-0.4, -0.2) is 14.8 Å². The second kappa shape index (κ2) is 3.90. The fourth-order valence-corrected chi connectivity index (χ4v) is 1.53. The van der Waals surface area contributed by atoms with Crippen molar-refractivity contribution < 1.29 is 0 Å². The zero-order valence-electron chi connectivity index (χ0n) is 8.31. The first kappa shape index (κ1) is 9.98. The first-order valence-electron chi connectivity index (χ1n) is 4.68. The normalized spacial score (nSPS) is 10.5. The molecule has 1 aromatic carbocycles. The standard InChI is InChI=1S/C10H11ClN4/c1-2-9-13-10(12)15(14-9)8-6-4-3-5-7(8)11/h3-6H,2H2,1H3,(H2,12,13,14). The van der Waals surface area contributed by atoms with E-state index in [9.17, 15) is 0 Å². The molecule has 0 aliphatic rings. The molecule has 0 amide bonds. The highest BCUT2D eigenvalue weighted by molar-refractivity contribution is 6.32. The highest BCUT2D eigenvalue weighted by Crippen LogP contribution is 2.20. The van der Waals surface area contributed by atoms with Crippen molar-refractivity contribution in [3.05, 3.63) is 35.1 Å². The van der Waals surface area contributed by atoms with Crippen LogP contribution in [0.15, 0.2) is 24.3 Å². The van der Waals surface area contributed by atoms with Gasteiger partial charge in [0.05, 0.1) is 10.7 Å². The largest absolute Gasteiger partial charge is 0.368 e. The molecule has 0 saturated carbocycles. The van der Waals surface area contributed by atoms with Gasteiger partial charge in [-0.05, 0) is 12.1 Å². The van der Waals surface area contributed by atoms with Gasteiger partial charge in [-0.3, -0.25) is 0 Å². The molecule has 5 heteroatoms. The number of aromatic nitrogens is 3. The third-order valence-corrected chi connectivity index (χ3v) is 2.39. The second-order valence-corrected chi connectivity index (χ2v) is 3.51. The molecule has 0 aliphatic carbocycles. The summed E-state index contributed by atoms with van der Waals surface area (Å²) < 4.78 is 1.56. The molecule has 1 aromatic heterocycles. The summed E-state index contributed by atoms with van der Waals surface area (Å²) >= 11 is 6.04. The van der Waals surface area contributed by atoms with Gasteiger partial charge in [0, 0.05) is 6.42 Å². The number of rotatable bonds is 2. The molecule has 78 valence electrons. The molecule has 0 atom stereocenters. The molecule has 2 N–H and O–H groups in total. The van der Waals surface area contributed by atoms with Crippen LogP contribution in [0.4, 0.5) is 5.95 Å². The first-order chi connectivity index (χ1) is 7.22. The fraction of sp³-hybridized carbons (Fsp3) is 0.200. The van der Waals surface area contributed by atoms with Crippen LogP contribution in [0.25, 0.3) is 5.69 Å². The molecule has 0 saturated heterocycles. The lowest BCUT2D eigenvalue weighted by Gasteiger charge is -2.03. The minimum absolute atomic E-state index is 0.361. The van der Waals surface area contributed by atoms with Crippen LogP contribution in [0.1, 0.15) is 12.7 Å². The van der Waals surface area contributed by atoms with Gasteiger partial charge < -0.3 is 5.73 Å². The topological polar surface area (TPSA) is 56.7 Å². The molecule has 0 bridgehead atoms. The number of benzene rings is 1. The number of para-hydroxylation sites is 1. The lowest BCUT2D eigenvalue weighted by atomic mass is 10.3. The minimum atomic E-state index is 0.361. The van der Waals surface area contributed by atoms with Gasteiger partial charge in [-0.15, -0.1) is 5.10 Å². The zero-order valence-corrected chi connectivity index (χ0v) is 9.07. The Bertz CT molecular complexity index is 478. The molecule has 0 radical (unpaired) electrons. The summed E-state index contributed by atoms with van der Waals surface area (Å²) in [7, 11) is 0. The van der Waals surface area contributed by atoms with E-state index in [0.29, 0.717) is 16.8 Å². The predicted molar refractivity (Wildman–Crippen MR) is 60.2 cm³/mol. The van der Waals surface area contributed by atoms with Gasteiger partial charge in [0.2, 0.25) is 5.95 Å². The molecular formula is C10H11ClN4. The Morgan fingerprint density at radius 2 is 2.13 bits per heavy atom. The maximum absolute atomic E-state index is 6.04. The highest BCUT2D eigenvalue weighted by atomic mass is 35.5. The van der Waals surface area contributed by atoms with Crippen molar-refractivity contribution in [3.63, 3.8) is 0 Å². The van der Waals surface area contributed by atoms with Crippen molar-refractivity contribution >= 4 is 17.5 Å². The molecule has 0 fully saturated rings. The van der Waals surface area contributed by atoms with Crippen LogP contribution in [0.3, 0.4) is 0 Å². The minimum Gasteiger partial charge on any atom is -0.368 e. The summed E-state index contributed by atoms with van der Waals surface area (Å²) in [6, 6.07) is 7.39. The molecule has 4 nitrogen and oxygen atoms in total. The Hall–Kier alpha value is -1.55. The van der Waals surface area contributed by atoms with Gasteiger partial charge >= 0.3 is 0 Å². The van der Waals surface area contributed by atoms with E-state index in [1.54, 1.807) is 10.7 Å². The van der Waals surface area contributed by atoms with E-state index in [1.165, 1.54) is 0 Å². The summed E-state index contributed by atoms with van der Waals surface area (Å²) in [4.78, 5) is 4.12. The molecule has 0 unspecified atom stereocenters. The number of nitrogen functional groups attached to an aromatic ring is 1. The van der Waals surface area contributed by atoms with E-state index in [1.807, 2.05) is 25.1 Å². The summed E-state index contributed by atoms with van der Waals surface area (Å²) in [5.41, 5.74) is 6.50. The van der Waals surface area contributed by atoms with Crippen LogP contribution < -0.4 is 5.73 Å². The van der Waals surface area contributed by atoms with E-state index >= 15 is 0 Å². The number of anilines is 1. The van der Waals surface area contributed by atoms with E-state index < -0.39 is 0 Å². The molecular weight excluding hydrogens is 212 g/mol. The lowest BCUT2D eigenvalue weighted by Crippen LogP contribution is -2.02. The SMILES string of the molecule is CCc1nc(N)n(-c2ccccc2Cl)n1. The maximum Gasteiger partial charge on any atom is 0.223 e. The van der Waals surface area contributed by atoms with Crippen molar-refractivity contribution in [3.8, 4) is 5.69 Å². The van der Waals surface area contributed by atoms with Gasteiger partial charge in [0.25, 0.3) is 0 Å². The Kier molecular flexibility index (Phi) is 2.60. The van der Waals surface area contributed by atoms with E-state index in [-0.39, 0.29) is 0 Å². The maximum atomic E-state index is 6.04. The molecule has 2 rings (SSSR count). The van der Waals surface area contributed by atoms with Gasteiger partial charge in [0.1, 0.15) is 0 Å². The van der Waals surface area contributed by atoms with Gasteiger partial charge in [-0.2, -0.15) is 9.67 Å². The molecule has 2 aromatic rings. The Morgan fingerprint density at radius 1 is 1.40 bits per heavy atom. The third-order valence-electron chi connectivity index (χ3n) is 2.07. The molecule has 1 heterocycles. The lowest BCUT2D eigenvalue weighted by molar-refractivity contribution is 0.846. The molecule has 0 aliphatic heterocycles. The third kappa shape index (κ3) is 1.80. The average molecular weight is 223 g/mol. The quantitative estimate of drug-likeness (QED) is 0.846. The number of halogens is 1. The Morgan fingerprint density at radius 3 is 2.73 bits per heavy atom. The van der Waals surface area contributed by atoms with Gasteiger partial charge in [-0.25, -0.2) is 0 Å². The van der Waals surface area contributed by atoms with E-state index in [2.05, 4.69) is 10.1 Å². The summed E-state index contributed by atoms with van der Waals surface area (Å²) in [6.45, 7) is 1.98. The monoisotopic (exact) mass is 222 g/mol. The smallest absolute Gasteiger partial charge is 0.223 e. The van der Waals surface area contributed by atoms with Crippen LogP contribution >= 0.6 is 11.6 Å². The first-order valence-corrected chi connectivity index (χ1v) is 5.06.